The number of aromatic nitrogens is 2. The molecule has 0 aliphatic rings. The van der Waals surface area contributed by atoms with E-state index in [2.05, 4.69) is 26.3 Å². The lowest BCUT2D eigenvalue weighted by Gasteiger charge is -2.09. The van der Waals surface area contributed by atoms with Gasteiger partial charge in [-0.1, -0.05) is 0 Å². The first-order valence-electron chi connectivity index (χ1n) is 3.56. The van der Waals surface area contributed by atoms with Crippen LogP contribution < -0.4 is 5.32 Å². The summed E-state index contributed by atoms with van der Waals surface area (Å²) in [4.78, 5) is 11.1. The van der Waals surface area contributed by atoms with Crippen molar-refractivity contribution < 1.29 is 4.79 Å². The fourth-order valence-electron chi connectivity index (χ4n) is 0.856. The maximum Gasteiger partial charge on any atom is 0.244 e. The topological polar surface area (TPSA) is 46.9 Å². The molecule has 1 amide bonds. The smallest absolute Gasteiger partial charge is 0.244 e. The summed E-state index contributed by atoms with van der Waals surface area (Å²) in [7, 11) is 1.61. The standard InChI is InChI=1S/C7H10BrN3O/c1-5(7(12)9-2)11-4-6(8)3-10-11/h3-5H,1-2H3,(H,9,12)/t5-/m0/s1. The van der Waals surface area contributed by atoms with Crippen LogP contribution in [-0.4, -0.2) is 22.7 Å². The number of hydrogen-bond donors (Lipinski definition) is 1. The van der Waals surface area contributed by atoms with Gasteiger partial charge in [-0.3, -0.25) is 9.48 Å². The van der Waals surface area contributed by atoms with Crippen molar-refractivity contribution in [1.29, 1.82) is 0 Å². The predicted octanol–water partition coefficient (Wildman–Crippen LogP) is 0.953. The Balaban J connectivity index is 2.77. The van der Waals surface area contributed by atoms with Crippen molar-refractivity contribution in [3.63, 3.8) is 0 Å². The third-order valence-electron chi connectivity index (χ3n) is 1.59. The summed E-state index contributed by atoms with van der Waals surface area (Å²) in [5.41, 5.74) is 0. The van der Waals surface area contributed by atoms with Crippen molar-refractivity contribution >= 4 is 21.8 Å². The quantitative estimate of drug-likeness (QED) is 0.825. The van der Waals surface area contributed by atoms with Gasteiger partial charge >= 0.3 is 0 Å². The lowest BCUT2D eigenvalue weighted by molar-refractivity contribution is -0.123. The summed E-state index contributed by atoms with van der Waals surface area (Å²) < 4.78 is 2.47. The molecule has 1 heterocycles. The van der Waals surface area contributed by atoms with E-state index >= 15 is 0 Å². The van der Waals surface area contributed by atoms with Crippen molar-refractivity contribution in [3.05, 3.63) is 16.9 Å². The van der Waals surface area contributed by atoms with E-state index in [4.69, 9.17) is 0 Å². The fraction of sp³-hybridized carbons (Fsp3) is 0.429. The predicted molar refractivity (Wildman–Crippen MR) is 48.7 cm³/mol. The zero-order valence-corrected chi connectivity index (χ0v) is 8.50. The summed E-state index contributed by atoms with van der Waals surface area (Å²) >= 11 is 3.26. The van der Waals surface area contributed by atoms with Gasteiger partial charge in [0.15, 0.2) is 0 Å². The van der Waals surface area contributed by atoms with Crippen LogP contribution in [0.15, 0.2) is 16.9 Å². The van der Waals surface area contributed by atoms with Gasteiger partial charge in [-0.05, 0) is 22.9 Å². The van der Waals surface area contributed by atoms with Crippen molar-refractivity contribution in [3.8, 4) is 0 Å². The summed E-state index contributed by atoms with van der Waals surface area (Å²) in [6, 6.07) is -0.263. The van der Waals surface area contributed by atoms with E-state index in [-0.39, 0.29) is 11.9 Å². The summed E-state index contributed by atoms with van der Waals surface area (Å²) in [6.45, 7) is 1.79. The average Bonchev–Trinajstić information content (AvgIpc) is 2.49. The van der Waals surface area contributed by atoms with Gasteiger partial charge in [-0.2, -0.15) is 5.10 Å². The molecule has 1 aromatic heterocycles. The molecule has 1 aromatic rings. The SMILES string of the molecule is CNC(=O)[C@H](C)n1cc(Br)cn1. The van der Waals surface area contributed by atoms with Crippen LogP contribution in [-0.2, 0) is 4.79 Å². The number of likely N-dealkylation sites (N-methyl/N-ethyl adjacent to an activating group) is 1. The Morgan fingerprint density at radius 2 is 2.50 bits per heavy atom. The second kappa shape index (κ2) is 3.71. The Morgan fingerprint density at radius 3 is 2.92 bits per heavy atom. The van der Waals surface area contributed by atoms with Crippen molar-refractivity contribution in [2.45, 2.75) is 13.0 Å². The highest BCUT2D eigenvalue weighted by molar-refractivity contribution is 9.10. The van der Waals surface area contributed by atoms with Gasteiger partial charge in [0, 0.05) is 13.2 Å². The highest BCUT2D eigenvalue weighted by atomic mass is 79.9. The number of carbonyl (C=O) groups excluding carboxylic acids is 1. The lowest BCUT2D eigenvalue weighted by atomic mass is 10.3. The van der Waals surface area contributed by atoms with Gasteiger partial charge in [-0.25, -0.2) is 0 Å². The van der Waals surface area contributed by atoms with E-state index in [9.17, 15) is 4.79 Å². The van der Waals surface area contributed by atoms with Crippen molar-refractivity contribution in [2.75, 3.05) is 7.05 Å². The van der Waals surface area contributed by atoms with Crippen LogP contribution in [0.4, 0.5) is 0 Å². The zero-order valence-electron chi connectivity index (χ0n) is 6.91. The first kappa shape index (κ1) is 9.25. The molecule has 0 radical (unpaired) electrons. The Morgan fingerprint density at radius 1 is 1.83 bits per heavy atom. The van der Waals surface area contributed by atoms with Crippen molar-refractivity contribution in [1.82, 2.24) is 15.1 Å². The fourth-order valence-corrected chi connectivity index (χ4v) is 1.16. The largest absolute Gasteiger partial charge is 0.357 e. The van der Waals surface area contributed by atoms with Gasteiger partial charge in [-0.15, -0.1) is 0 Å². The minimum absolute atomic E-state index is 0.0504. The van der Waals surface area contributed by atoms with Crippen LogP contribution in [0.2, 0.25) is 0 Å². The van der Waals surface area contributed by atoms with Crippen LogP contribution in [0, 0.1) is 0 Å². The molecular weight excluding hydrogens is 222 g/mol. The molecule has 12 heavy (non-hydrogen) atoms. The molecule has 1 rings (SSSR count). The minimum atomic E-state index is -0.263. The molecule has 66 valence electrons. The first-order valence-corrected chi connectivity index (χ1v) is 4.35. The zero-order chi connectivity index (χ0) is 9.14. The third-order valence-corrected chi connectivity index (χ3v) is 2.00. The van der Waals surface area contributed by atoms with Gasteiger partial charge in [0.2, 0.25) is 5.91 Å². The molecule has 1 atom stereocenters. The monoisotopic (exact) mass is 231 g/mol. The minimum Gasteiger partial charge on any atom is -0.357 e. The molecule has 1 N–H and O–H groups in total. The molecular formula is C7H10BrN3O. The number of hydrogen-bond acceptors (Lipinski definition) is 2. The number of nitrogens with one attached hydrogen (secondary N) is 1. The van der Waals surface area contributed by atoms with Gasteiger partial charge < -0.3 is 5.32 Å². The van der Waals surface area contributed by atoms with E-state index in [0.717, 1.165) is 4.47 Å². The Kier molecular flexibility index (Phi) is 2.86. The molecule has 0 spiro atoms. The van der Waals surface area contributed by atoms with Gasteiger partial charge in [0.25, 0.3) is 0 Å². The molecule has 0 saturated carbocycles. The summed E-state index contributed by atoms with van der Waals surface area (Å²) in [5, 5.41) is 6.55. The Labute approximate surface area is 79.1 Å². The second-order valence-corrected chi connectivity index (χ2v) is 3.34. The lowest BCUT2D eigenvalue weighted by Crippen LogP contribution is -2.27. The second-order valence-electron chi connectivity index (χ2n) is 2.43. The number of rotatable bonds is 2. The number of amides is 1. The van der Waals surface area contributed by atoms with Crippen LogP contribution in [0.3, 0.4) is 0 Å². The molecule has 4 nitrogen and oxygen atoms in total. The average molecular weight is 232 g/mol. The van der Waals surface area contributed by atoms with Crippen LogP contribution in [0.5, 0.6) is 0 Å². The molecule has 0 saturated heterocycles. The molecule has 0 fully saturated rings. The normalized spacial score (nSPS) is 12.6. The summed E-state index contributed by atoms with van der Waals surface area (Å²) in [5.74, 6) is -0.0504. The van der Waals surface area contributed by atoms with E-state index in [1.54, 1.807) is 31.0 Å². The Bertz CT molecular complexity index is 284. The molecule has 5 heteroatoms. The Hall–Kier alpha value is -0.840. The highest BCUT2D eigenvalue weighted by Gasteiger charge is 2.13. The summed E-state index contributed by atoms with van der Waals surface area (Å²) in [6.07, 6.45) is 3.42. The number of nitrogens with zero attached hydrogens (tertiary/aromatic N) is 2. The third kappa shape index (κ3) is 1.85. The van der Waals surface area contributed by atoms with E-state index in [1.807, 2.05) is 0 Å². The highest BCUT2D eigenvalue weighted by Crippen LogP contribution is 2.11. The van der Waals surface area contributed by atoms with E-state index in [0.29, 0.717) is 0 Å². The molecule has 0 aliphatic heterocycles. The maximum atomic E-state index is 11.1. The maximum absolute atomic E-state index is 11.1. The van der Waals surface area contributed by atoms with Gasteiger partial charge in [0.1, 0.15) is 6.04 Å². The van der Waals surface area contributed by atoms with Crippen LogP contribution >= 0.6 is 15.9 Å². The van der Waals surface area contributed by atoms with E-state index in [1.165, 1.54) is 0 Å². The molecule has 0 aliphatic carbocycles. The number of halogens is 1. The first-order chi connectivity index (χ1) is 5.65. The number of carbonyl (C=O) groups is 1. The molecule has 0 bridgehead atoms. The van der Waals surface area contributed by atoms with E-state index < -0.39 is 0 Å². The van der Waals surface area contributed by atoms with Crippen molar-refractivity contribution in [2.24, 2.45) is 0 Å². The van der Waals surface area contributed by atoms with Gasteiger partial charge in [0.05, 0.1) is 10.7 Å². The van der Waals surface area contributed by atoms with Crippen LogP contribution in [0.1, 0.15) is 13.0 Å². The van der Waals surface area contributed by atoms with Crippen LogP contribution in [0.25, 0.3) is 0 Å². The molecule has 0 unspecified atom stereocenters. The molecule has 0 aromatic carbocycles.